The number of aromatic nitrogens is 2. The zero-order valence-electron chi connectivity index (χ0n) is 25.0. The van der Waals surface area contributed by atoms with Crippen LogP contribution in [0.5, 0.6) is 0 Å². The molecule has 3 aliphatic rings. The van der Waals surface area contributed by atoms with E-state index in [1.807, 2.05) is 11.3 Å². The lowest BCUT2D eigenvalue weighted by atomic mass is 9.87. The van der Waals surface area contributed by atoms with Gasteiger partial charge in [-0.15, -0.1) is 11.3 Å². The van der Waals surface area contributed by atoms with Crippen molar-refractivity contribution in [1.29, 1.82) is 0 Å². The van der Waals surface area contributed by atoms with Crippen LogP contribution in [-0.2, 0) is 11.0 Å². The highest BCUT2D eigenvalue weighted by molar-refractivity contribution is 7.19. The van der Waals surface area contributed by atoms with E-state index in [2.05, 4.69) is 135 Å². The molecule has 2 aliphatic heterocycles. The Labute approximate surface area is 254 Å². The summed E-state index contributed by atoms with van der Waals surface area (Å²) < 4.78 is 13.5. The van der Waals surface area contributed by atoms with Crippen LogP contribution < -0.4 is 9.13 Å². The van der Waals surface area contributed by atoms with Crippen molar-refractivity contribution in [3.8, 4) is 22.5 Å². The van der Waals surface area contributed by atoms with Gasteiger partial charge in [0.05, 0.1) is 15.8 Å². The molecule has 4 aromatic heterocycles. The number of pyridine rings is 2. The molecule has 10 rings (SSSR count). The quantitative estimate of drug-likeness (QED) is 0.165. The molecule has 3 nitrogen and oxygen atoms in total. The van der Waals surface area contributed by atoms with E-state index >= 15 is 0 Å². The van der Waals surface area contributed by atoms with Gasteiger partial charge in [0.15, 0.2) is 18.0 Å². The van der Waals surface area contributed by atoms with Gasteiger partial charge in [-0.3, -0.25) is 0 Å². The third-order valence-corrected chi connectivity index (χ3v) is 11.5. The van der Waals surface area contributed by atoms with Crippen LogP contribution in [0.2, 0.25) is 0 Å². The second-order valence-electron chi connectivity index (χ2n) is 13.9. The Balaban J connectivity index is 1.34. The molecule has 1 spiro atoms. The standard InChI is InChI=1S/C39H32N2OS/c1-21-10-15-30-25-8-6-7-9-26(25)33-37(40(30)20-21)39(33)29-14-13-27-28-12-11-23-18-22(2)43-36(23)35(28)42-34(27)32(29)31-19-24(38(3,4)5)16-17-41(31)39/h6-20,33,37H,1-5H3/q+2. The predicted molar refractivity (Wildman–Crippen MR) is 174 cm³/mol. The van der Waals surface area contributed by atoms with Crippen LogP contribution in [0.1, 0.15) is 59.9 Å². The number of nitrogens with zero attached hydrogens (tertiary/aromatic N) is 2. The molecule has 0 saturated heterocycles. The van der Waals surface area contributed by atoms with Crippen molar-refractivity contribution in [2.75, 3.05) is 0 Å². The smallest absolute Gasteiger partial charge is 0.269 e. The molecule has 0 bridgehead atoms. The molecule has 208 valence electrons. The fourth-order valence-corrected chi connectivity index (χ4v) is 9.56. The van der Waals surface area contributed by atoms with Crippen molar-refractivity contribution >= 4 is 43.4 Å². The Morgan fingerprint density at radius 1 is 0.837 bits per heavy atom. The molecular weight excluding hydrogens is 545 g/mol. The highest BCUT2D eigenvalue weighted by atomic mass is 32.1. The van der Waals surface area contributed by atoms with Gasteiger partial charge in [-0.1, -0.05) is 51.1 Å². The second kappa shape index (κ2) is 7.62. The van der Waals surface area contributed by atoms with Crippen LogP contribution in [0.4, 0.5) is 0 Å². The van der Waals surface area contributed by atoms with E-state index in [4.69, 9.17) is 4.42 Å². The summed E-state index contributed by atoms with van der Waals surface area (Å²) in [6.45, 7) is 11.3. The van der Waals surface area contributed by atoms with Crippen LogP contribution >= 0.6 is 11.3 Å². The van der Waals surface area contributed by atoms with Gasteiger partial charge in [0, 0.05) is 45.0 Å². The van der Waals surface area contributed by atoms with Crippen molar-refractivity contribution in [3.05, 3.63) is 118 Å². The molecule has 0 amide bonds. The molecule has 0 radical (unpaired) electrons. The van der Waals surface area contributed by atoms with Gasteiger partial charge in [0.25, 0.3) is 5.54 Å². The molecule has 3 atom stereocenters. The van der Waals surface area contributed by atoms with Crippen molar-refractivity contribution < 1.29 is 13.6 Å². The monoisotopic (exact) mass is 576 g/mol. The zero-order chi connectivity index (χ0) is 29.0. The van der Waals surface area contributed by atoms with Gasteiger partial charge < -0.3 is 4.42 Å². The molecule has 1 fully saturated rings. The summed E-state index contributed by atoms with van der Waals surface area (Å²) in [5, 5.41) is 3.68. The number of benzene rings is 3. The predicted octanol–water partition coefficient (Wildman–Crippen LogP) is 9.03. The average molecular weight is 577 g/mol. The van der Waals surface area contributed by atoms with E-state index < -0.39 is 0 Å². The van der Waals surface area contributed by atoms with E-state index in [0.717, 1.165) is 11.2 Å². The number of fused-ring (bicyclic) bond motifs is 19. The third-order valence-electron chi connectivity index (χ3n) is 10.5. The van der Waals surface area contributed by atoms with Gasteiger partial charge in [0.2, 0.25) is 17.4 Å². The van der Waals surface area contributed by atoms with E-state index in [9.17, 15) is 0 Å². The summed E-state index contributed by atoms with van der Waals surface area (Å²) in [6, 6.07) is 30.3. The largest absolute Gasteiger partial charge is 0.454 e. The van der Waals surface area contributed by atoms with Crippen LogP contribution in [-0.4, -0.2) is 0 Å². The number of rotatable bonds is 0. The Bertz CT molecular complexity index is 2390. The highest BCUT2D eigenvalue weighted by Gasteiger charge is 2.86. The van der Waals surface area contributed by atoms with Crippen molar-refractivity contribution in [3.63, 3.8) is 0 Å². The van der Waals surface area contributed by atoms with Gasteiger partial charge in [-0.25, -0.2) is 0 Å². The molecule has 3 unspecified atom stereocenters. The molecular formula is C39H32N2OS+2. The Morgan fingerprint density at radius 2 is 1.65 bits per heavy atom. The number of thiophene rings is 1. The zero-order valence-corrected chi connectivity index (χ0v) is 25.8. The summed E-state index contributed by atoms with van der Waals surface area (Å²) in [5.41, 5.74) is 12.5. The first-order chi connectivity index (χ1) is 20.8. The van der Waals surface area contributed by atoms with Crippen molar-refractivity contribution in [1.82, 2.24) is 0 Å². The van der Waals surface area contributed by atoms with Crippen LogP contribution in [0.15, 0.2) is 95.7 Å². The van der Waals surface area contributed by atoms with Gasteiger partial charge in [-0.05, 0) is 66.1 Å². The van der Waals surface area contributed by atoms with Gasteiger partial charge in [0.1, 0.15) is 11.5 Å². The first kappa shape index (κ1) is 24.2. The van der Waals surface area contributed by atoms with Gasteiger partial charge >= 0.3 is 0 Å². The average Bonchev–Trinajstić information content (AvgIpc) is 3.18. The Hall–Kier alpha value is -4.28. The fourth-order valence-electron chi connectivity index (χ4n) is 8.57. The fraction of sp³-hybridized carbons (Fsp3) is 0.231. The third kappa shape index (κ3) is 2.82. The number of aryl methyl sites for hydroxylation is 2. The topological polar surface area (TPSA) is 20.9 Å². The van der Waals surface area contributed by atoms with E-state index in [-0.39, 0.29) is 17.0 Å². The molecule has 1 aliphatic carbocycles. The normalized spacial score (nSPS) is 21.2. The van der Waals surface area contributed by atoms with E-state index in [0.29, 0.717) is 5.92 Å². The lowest BCUT2D eigenvalue weighted by molar-refractivity contribution is -0.772. The van der Waals surface area contributed by atoms with E-state index in [1.165, 1.54) is 70.5 Å². The van der Waals surface area contributed by atoms with Gasteiger partial charge in [-0.2, -0.15) is 9.13 Å². The minimum absolute atomic E-state index is 0.0370. The lowest BCUT2D eigenvalue weighted by Crippen LogP contribution is -2.51. The number of furan rings is 1. The number of hydrogen-bond acceptors (Lipinski definition) is 2. The van der Waals surface area contributed by atoms with Crippen molar-refractivity contribution in [2.45, 2.75) is 57.5 Å². The Morgan fingerprint density at radius 3 is 2.51 bits per heavy atom. The molecule has 0 N–H and O–H groups in total. The maximum Gasteiger partial charge on any atom is 0.269 e. The minimum atomic E-state index is -0.219. The highest BCUT2D eigenvalue weighted by Crippen LogP contribution is 2.71. The molecule has 7 aromatic rings. The molecule has 43 heavy (non-hydrogen) atoms. The lowest BCUT2D eigenvalue weighted by Gasteiger charge is -2.18. The second-order valence-corrected chi connectivity index (χ2v) is 15.2. The Kier molecular flexibility index (Phi) is 4.28. The number of hydrogen-bond donors (Lipinski definition) is 0. The molecule has 1 saturated carbocycles. The van der Waals surface area contributed by atoms with E-state index in [1.54, 1.807) is 0 Å². The first-order valence-corrected chi connectivity index (χ1v) is 16.2. The summed E-state index contributed by atoms with van der Waals surface area (Å²) in [7, 11) is 0. The maximum absolute atomic E-state index is 7.03. The first-order valence-electron chi connectivity index (χ1n) is 15.3. The summed E-state index contributed by atoms with van der Waals surface area (Å²) in [4.78, 5) is 1.31. The summed E-state index contributed by atoms with van der Waals surface area (Å²) in [6.07, 6.45) is 4.75. The summed E-state index contributed by atoms with van der Waals surface area (Å²) >= 11 is 1.83. The van der Waals surface area contributed by atoms with Crippen molar-refractivity contribution in [2.24, 2.45) is 0 Å². The van der Waals surface area contributed by atoms with Crippen LogP contribution in [0, 0.1) is 13.8 Å². The molecule has 6 heterocycles. The SMILES string of the molecule is Cc1ccc2[n+](c1)C1C(c3ccccc3-2)C12c1ccc3c(oc4c3ccc3cc(C)sc34)c1-c1cc(C(C)(C)C)cc[n+]12. The summed E-state index contributed by atoms with van der Waals surface area (Å²) in [5.74, 6) is 0.335. The maximum atomic E-state index is 7.03. The minimum Gasteiger partial charge on any atom is -0.454 e. The molecule has 4 heteroatoms. The molecule has 3 aromatic carbocycles. The van der Waals surface area contributed by atoms with Crippen LogP contribution in [0.3, 0.4) is 0 Å². The van der Waals surface area contributed by atoms with Crippen LogP contribution in [0.25, 0.3) is 54.5 Å².